The smallest absolute Gasteiger partial charge is 0.0438 e. The van der Waals surface area contributed by atoms with Crippen molar-refractivity contribution < 1.29 is 0 Å². The second kappa shape index (κ2) is 5.26. The van der Waals surface area contributed by atoms with Crippen LogP contribution in [0.1, 0.15) is 42.6 Å². The van der Waals surface area contributed by atoms with Gasteiger partial charge in [-0.05, 0) is 56.7 Å². The molecule has 1 heterocycles. The van der Waals surface area contributed by atoms with Gasteiger partial charge in [-0.2, -0.15) is 0 Å². The molecule has 0 saturated heterocycles. The number of rotatable bonds is 3. The molecule has 2 heteroatoms. The van der Waals surface area contributed by atoms with Gasteiger partial charge >= 0.3 is 0 Å². The SMILES string of the molecule is NCCCc1ccc2c(n1)CCCCC2. The van der Waals surface area contributed by atoms with E-state index in [1.165, 1.54) is 49.1 Å². The molecular formula is C13H20N2. The standard InChI is InChI=1S/C13H20N2/c14-10-4-6-12-9-8-11-5-2-1-3-7-13(11)15-12/h8-9H,1-7,10,14H2. The Kier molecular flexibility index (Phi) is 3.73. The molecule has 0 atom stereocenters. The van der Waals surface area contributed by atoms with Crippen LogP contribution >= 0.6 is 0 Å². The molecule has 15 heavy (non-hydrogen) atoms. The van der Waals surface area contributed by atoms with E-state index in [4.69, 9.17) is 10.7 Å². The lowest BCUT2D eigenvalue weighted by molar-refractivity contribution is 0.707. The Balaban J connectivity index is 2.13. The van der Waals surface area contributed by atoms with Crippen molar-refractivity contribution in [3.05, 3.63) is 29.1 Å². The van der Waals surface area contributed by atoms with Crippen LogP contribution in [0.15, 0.2) is 12.1 Å². The van der Waals surface area contributed by atoms with E-state index in [-0.39, 0.29) is 0 Å². The van der Waals surface area contributed by atoms with E-state index in [2.05, 4.69) is 12.1 Å². The number of aromatic nitrogens is 1. The van der Waals surface area contributed by atoms with E-state index in [1.807, 2.05) is 0 Å². The molecule has 1 aliphatic carbocycles. The summed E-state index contributed by atoms with van der Waals surface area (Å²) in [7, 11) is 0. The molecule has 0 amide bonds. The lowest BCUT2D eigenvalue weighted by Gasteiger charge is -2.07. The molecule has 0 bridgehead atoms. The van der Waals surface area contributed by atoms with Crippen molar-refractivity contribution in [2.45, 2.75) is 44.9 Å². The van der Waals surface area contributed by atoms with Gasteiger partial charge in [-0.3, -0.25) is 4.98 Å². The highest BCUT2D eigenvalue weighted by Crippen LogP contribution is 2.19. The van der Waals surface area contributed by atoms with E-state index in [9.17, 15) is 0 Å². The molecule has 0 aromatic carbocycles. The highest BCUT2D eigenvalue weighted by Gasteiger charge is 2.09. The summed E-state index contributed by atoms with van der Waals surface area (Å²) < 4.78 is 0. The van der Waals surface area contributed by atoms with Gasteiger partial charge in [0.25, 0.3) is 0 Å². The maximum atomic E-state index is 5.51. The second-order valence-corrected chi connectivity index (χ2v) is 4.36. The van der Waals surface area contributed by atoms with Crippen molar-refractivity contribution in [3.8, 4) is 0 Å². The average molecular weight is 204 g/mol. The van der Waals surface area contributed by atoms with Gasteiger partial charge in [-0.1, -0.05) is 12.5 Å². The van der Waals surface area contributed by atoms with Crippen LogP contribution in [-0.4, -0.2) is 11.5 Å². The third kappa shape index (κ3) is 2.78. The molecule has 0 aliphatic heterocycles. The van der Waals surface area contributed by atoms with Gasteiger partial charge in [0.1, 0.15) is 0 Å². The quantitative estimate of drug-likeness (QED) is 0.767. The molecule has 2 rings (SSSR count). The van der Waals surface area contributed by atoms with Crippen molar-refractivity contribution in [2.24, 2.45) is 5.73 Å². The summed E-state index contributed by atoms with van der Waals surface area (Å²) in [6, 6.07) is 4.46. The molecule has 2 N–H and O–H groups in total. The first-order chi connectivity index (χ1) is 7.40. The minimum absolute atomic E-state index is 0.763. The molecule has 0 radical (unpaired) electrons. The van der Waals surface area contributed by atoms with Crippen LogP contribution in [0, 0.1) is 0 Å². The normalized spacial score (nSPS) is 15.8. The minimum atomic E-state index is 0.763. The van der Waals surface area contributed by atoms with E-state index in [0.717, 1.165) is 19.4 Å². The fourth-order valence-electron chi connectivity index (χ4n) is 2.23. The fourth-order valence-corrected chi connectivity index (χ4v) is 2.23. The summed E-state index contributed by atoms with van der Waals surface area (Å²) in [5.41, 5.74) is 9.56. The molecule has 0 spiro atoms. The summed E-state index contributed by atoms with van der Waals surface area (Å²) in [5.74, 6) is 0. The van der Waals surface area contributed by atoms with Crippen molar-refractivity contribution >= 4 is 0 Å². The molecular weight excluding hydrogens is 184 g/mol. The Hall–Kier alpha value is -0.890. The maximum Gasteiger partial charge on any atom is 0.0438 e. The number of hydrogen-bond acceptors (Lipinski definition) is 2. The van der Waals surface area contributed by atoms with Crippen molar-refractivity contribution in [1.29, 1.82) is 0 Å². The third-order valence-corrected chi connectivity index (χ3v) is 3.12. The third-order valence-electron chi connectivity index (χ3n) is 3.12. The fraction of sp³-hybridized carbons (Fsp3) is 0.615. The highest BCUT2D eigenvalue weighted by molar-refractivity contribution is 5.24. The van der Waals surface area contributed by atoms with Crippen LogP contribution in [0.3, 0.4) is 0 Å². The predicted octanol–water partition coefficient (Wildman–Crippen LogP) is 2.24. The van der Waals surface area contributed by atoms with Crippen molar-refractivity contribution in [3.63, 3.8) is 0 Å². The van der Waals surface area contributed by atoms with E-state index < -0.39 is 0 Å². The summed E-state index contributed by atoms with van der Waals surface area (Å²) in [4.78, 5) is 4.76. The van der Waals surface area contributed by atoms with E-state index in [0.29, 0.717) is 0 Å². The lowest BCUT2D eigenvalue weighted by Crippen LogP contribution is -2.04. The zero-order valence-corrected chi connectivity index (χ0v) is 9.34. The average Bonchev–Trinajstić information content (AvgIpc) is 2.50. The summed E-state index contributed by atoms with van der Waals surface area (Å²) in [6.45, 7) is 0.763. The highest BCUT2D eigenvalue weighted by atomic mass is 14.7. The summed E-state index contributed by atoms with van der Waals surface area (Å²) in [6.07, 6.45) is 8.46. The zero-order valence-electron chi connectivity index (χ0n) is 9.34. The molecule has 0 saturated carbocycles. The van der Waals surface area contributed by atoms with Crippen molar-refractivity contribution in [2.75, 3.05) is 6.54 Å². The molecule has 0 fully saturated rings. The van der Waals surface area contributed by atoms with E-state index >= 15 is 0 Å². The first-order valence-electron chi connectivity index (χ1n) is 6.08. The number of pyridine rings is 1. The summed E-state index contributed by atoms with van der Waals surface area (Å²) in [5, 5.41) is 0. The Labute approximate surface area is 91.9 Å². The zero-order chi connectivity index (χ0) is 10.5. The molecule has 2 nitrogen and oxygen atoms in total. The number of nitrogens with zero attached hydrogens (tertiary/aromatic N) is 1. The maximum absolute atomic E-state index is 5.51. The van der Waals surface area contributed by atoms with Crippen LogP contribution in [0.25, 0.3) is 0 Å². The lowest BCUT2D eigenvalue weighted by atomic mass is 10.1. The Morgan fingerprint density at radius 3 is 2.87 bits per heavy atom. The van der Waals surface area contributed by atoms with Crippen molar-refractivity contribution in [1.82, 2.24) is 4.98 Å². The number of fused-ring (bicyclic) bond motifs is 1. The monoisotopic (exact) mass is 204 g/mol. The largest absolute Gasteiger partial charge is 0.330 e. The summed E-state index contributed by atoms with van der Waals surface area (Å²) >= 11 is 0. The topological polar surface area (TPSA) is 38.9 Å². The van der Waals surface area contributed by atoms with Crippen LogP contribution in [0.4, 0.5) is 0 Å². The van der Waals surface area contributed by atoms with Gasteiger partial charge < -0.3 is 5.73 Å². The first kappa shape index (κ1) is 10.6. The van der Waals surface area contributed by atoms with Gasteiger partial charge in [-0.15, -0.1) is 0 Å². The number of nitrogens with two attached hydrogens (primary N) is 1. The van der Waals surface area contributed by atoms with Gasteiger partial charge in [0.15, 0.2) is 0 Å². The van der Waals surface area contributed by atoms with Crippen LogP contribution in [0.5, 0.6) is 0 Å². The van der Waals surface area contributed by atoms with Crippen LogP contribution < -0.4 is 5.73 Å². The van der Waals surface area contributed by atoms with E-state index in [1.54, 1.807) is 0 Å². The molecule has 1 aromatic heterocycles. The minimum Gasteiger partial charge on any atom is -0.330 e. The number of hydrogen-bond donors (Lipinski definition) is 1. The van der Waals surface area contributed by atoms with Gasteiger partial charge in [0.2, 0.25) is 0 Å². The molecule has 1 aromatic rings. The Morgan fingerprint density at radius 2 is 2.00 bits per heavy atom. The van der Waals surface area contributed by atoms with Gasteiger partial charge in [0.05, 0.1) is 0 Å². The molecule has 82 valence electrons. The Morgan fingerprint density at radius 1 is 1.13 bits per heavy atom. The number of aryl methyl sites for hydroxylation is 3. The Bertz CT molecular complexity index is 320. The molecule has 1 aliphatic rings. The van der Waals surface area contributed by atoms with Gasteiger partial charge in [0, 0.05) is 11.4 Å². The van der Waals surface area contributed by atoms with Crippen LogP contribution in [0.2, 0.25) is 0 Å². The first-order valence-corrected chi connectivity index (χ1v) is 6.08. The van der Waals surface area contributed by atoms with Gasteiger partial charge in [-0.25, -0.2) is 0 Å². The molecule has 0 unspecified atom stereocenters. The van der Waals surface area contributed by atoms with Crippen LogP contribution in [-0.2, 0) is 19.3 Å². The predicted molar refractivity (Wildman–Crippen MR) is 62.9 cm³/mol. The second-order valence-electron chi connectivity index (χ2n) is 4.36.